The lowest BCUT2D eigenvalue weighted by molar-refractivity contribution is 0.584. The summed E-state index contributed by atoms with van der Waals surface area (Å²) in [5.41, 5.74) is 2.59. The second-order valence-electron chi connectivity index (χ2n) is 4.39. The molecule has 2 aromatic rings. The molecule has 1 aromatic carbocycles. The Morgan fingerprint density at radius 3 is 2.65 bits per heavy atom. The monoisotopic (exact) mass is 229 g/mol. The lowest BCUT2D eigenvalue weighted by Crippen LogP contribution is -2.21. The molecule has 0 bridgehead atoms. The summed E-state index contributed by atoms with van der Waals surface area (Å²) in [7, 11) is 1.97. The third-order valence-electron chi connectivity index (χ3n) is 3.05. The van der Waals surface area contributed by atoms with Crippen molar-refractivity contribution < 1.29 is 0 Å². The summed E-state index contributed by atoms with van der Waals surface area (Å²) in [4.78, 5) is 0. The Balaban J connectivity index is 1.81. The minimum Gasteiger partial charge on any atom is -0.311 e. The van der Waals surface area contributed by atoms with Crippen LogP contribution in [0.2, 0.25) is 0 Å². The number of hydrogen-bond donors (Lipinski definition) is 1. The van der Waals surface area contributed by atoms with Crippen LogP contribution >= 0.6 is 0 Å². The molecule has 0 radical (unpaired) electrons. The van der Waals surface area contributed by atoms with Crippen LogP contribution in [0.5, 0.6) is 0 Å². The first-order chi connectivity index (χ1) is 8.27. The molecule has 17 heavy (non-hydrogen) atoms. The van der Waals surface area contributed by atoms with Crippen molar-refractivity contribution >= 4 is 0 Å². The molecule has 0 saturated carbocycles. The summed E-state index contributed by atoms with van der Waals surface area (Å²) in [5, 5.41) is 7.62. The molecule has 1 N–H and O–H groups in total. The average molecular weight is 229 g/mol. The average Bonchev–Trinajstić information content (AvgIpc) is 2.76. The van der Waals surface area contributed by atoms with Crippen molar-refractivity contribution in [1.29, 1.82) is 0 Å². The third kappa shape index (κ3) is 3.17. The van der Waals surface area contributed by atoms with Gasteiger partial charge in [-0.2, -0.15) is 5.10 Å². The summed E-state index contributed by atoms with van der Waals surface area (Å²) in [6, 6.07) is 12.6. The van der Waals surface area contributed by atoms with Gasteiger partial charge >= 0.3 is 0 Å². The van der Waals surface area contributed by atoms with E-state index in [1.807, 2.05) is 24.0 Å². The highest BCUT2D eigenvalue weighted by atomic mass is 15.3. The van der Waals surface area contributed by atoms with Gasteiger partial charge in [0.1, 0.15) is 0 Å². The normalized spacial score (nSPS) is 12.6. The Hall–Kier alpha value is -1.61. The highest BCUT2D eigenvalue weighted by molar-refractivity contribution is 5.19. The topological polar surface area (TPSA) is 29.9 Å². The van der Waals surface area contributed by atoms with Crippen molar-refractivity contribution in [3.05, 3.63) is 53.9 Å². The number of aromatic nitrogens is 2. The van der Waals surface area contributed by atoms with Crippen molar-refractivity contribution in [1.82, 2.24) is 15.1 Å². The first kappa shape index (κ1) is 11.9. The number of nitrogens with zero attached hydrogens (tertiary/aromatic N) is 2. The van der Waals surface area contributed by atoms with Gasteiger partial charge in [0.15, 0.2) is 0 Å². The van der Waals surface area contributed by atoms with Gasteiger partial charge in [-0.1, -0.05) is 37.3 Å². The van der Waals surface area contributed by atoms with E-state index in [1.54, 1.807) is 0 Å². The van der Waals surface area contributed by atoms with Crippen molar-refractivity contribution in [2.24, 2.45) is 7.05 Å². The maximum atomic E-state index is 4.15. The zero-order valence-electron chi connectivity index (χ0n) is 10.4. The van der Waals surface area contributed by atoms with E-state index < -0.39 is 0 Å². The highest BCUT2D eigenvalue weighted by Gasteiger charge is 2.04. The van der Waals surface area contributed by atoms with E-state index in [0.717, 1.165) is 13.1 Å². The number of benzene rings is 1. The largest absolute Gasteiger partial charge is 0.311 e. The molecule has 0 aliphatic heterocycles. The van der Waals surface area contributed by atoms with Gasteiger partial charge in [-0.25, -0.2) is 0 Å². The second-order valence-corrected chi connectivity index (χ2v) is 4.39. The van der Waals surface area contributed by atoms with Gasteiger partial charge in [0.2, 0.25) is 0 Å². The van der Waals surface area contributed by atoms with Gasteiger partial charge in [0.25, 0.3) is 0 Å². The van der Waals surface area contributed by atoms with E-state index >= 15 is 0 Å². The molecule has 0 amide bonds. The molecule has 3 heteroatoms. The quantitative estimate of drug-likeness (QED) is 0.852. The van der Waals surface area contributed by atoms with E-state index in [-0.39, 0.29) is 0 Å². The first-order valence-corrected chi connectivity index (χ1v) is 6.00. The molecule has 1 heterocycles. The molecule has 0 spiro atoms. The van der Waals surface area contributed by atoms with E-state index in [1.165, 1.54) is 11.3 Å². The third-order valence-corrected chi connectivity index (χ3v) is 3.05. The van der Waals surface area contributed by atoms with Crippen molar-refractivity contribution in [2.75, 3.05) is 6.54 Å². The number of hydrogen-bond acceptors (Lipinski definition) is 2. The van der Waals surface area contributed by atoms with E-state index in [9.17, 15) is 0 Å². The smallest absolute Gasteiger partial charge is 0.0518 e. The predicted molar refractivity (Wildman–Crippen MR) is 69.8 cm³/mol. The van der Waals surface area contributed by atoms with Crippen molar-refractivity contribution in [2.45, 2.75) is 19.4 Å². The summed E-state index contributed by atoms with van der Waals surface area (Å²) >= 11 is 0. The van der Waals surface area contributed by atoms with Gasteiger partial charge in [0, 0.05) is 26.3 Å². The Morgan fingerprint density at radius 2 is 2.00 bits per heavy atom. The Kier molecular flexibility index (Phi) is 3.94. The molecule has 1 unspecified atom stereocenters. The predicted octanol–water partition coefficient (Wildman–Crippen LogP) is 2.31. The van der Waals surface area contributed by atoms with Crippen molar-refractivity contribution in [3.8, 4) is 0 Å². The second kappa shape index (κ2) is 5.64. The molecular formula is C14H19N3. The number of rotatable bonds is 5. The molecule has 1 atom stereocenters. The molecular weight excluding hydrogens is 210 g/mol. The molecule has 0 saturated heterocycles. The highest BCUT2D eigenvalue weighted by Crippen LogP contribution is 2.13. The number of nitrogens with one attached hydrogen (secondary N) is 1. The standard InChI is InChI=1S/C14H19N3/c1-12(13-6-4-3-5-7-13)10-15-11-14-8-9-16-17(14)2/h3-9,12,15H,10-11H2,1-2H3. The maximum Gasteiger partial charge on any atom is 0.0518 e. The minimum absolute atomic E-state index is 0.532. The molecule has 90 valence electrons. The molecule has 3 nitrogen and oxygen atoms in total. The van der Waals surface area contributed by atoms with Crippen LogP contribution in [0.25, 0.3) is 0 Å². The summed E-state index contributed by atoms with van der Waals surface area (Å²) in [5.74, 6) is 0.532. The number of aryl methyl sites for hydroxylation is 1. The Morgan fingerprint density at radius 1 is 1.24 bits per heavy atom. The van der Waals surface area contributed by atoms with Crippen LogP contribution in [0.3, 0.4) is 0 Å². The lowest BCUT2D eigenvalue weighted by atomic mass is 10.0. The van der Waals surface area contributed by atoms with Crippen LogP contribution in [-0.2, 0) is 13.6 Å². The SMILES string of the molecule is CC(CNCc1ccnn1C)c1ccccc1. The fourth-order valence-corrected chi connectivity index (χ4v) is 1.89. The molecule has 0 aliphatic carbocycles. The molecule has 1 aromatic heterocycles. The van der Waals surface area contributed by atoms with Crippen LogP contribution in [-0.4, -0.2) is 16.3 Å². The fraction of sp³-hybridized carbons (Fsp3) is 0.357. The van der Waals surface area contributed by atoms with E-state index in [0.29, 0.717) is 5.92 Å². The summed E-state index contributed by atoms with van der Waals surface area (Å²) in [6.07, 6.45) is 1.83. The van der Waals surface area contributed by atoms with Crippen LogP contribution < -0.4 is 5.32 Å². The van der Waals surface area contributed by atoms with Gasteiger partial charge < -0.3 is 5.32 Å². The van der Waals surface area contributed by atoms with Crippen molar-refractivity contribution in [3.63, 3.8) is 0 Å². The van der Waals surface area contributed by atoms with Crippen LogP contribution in [0.15, 0.2) is 42.6 Å². The van der Waals surface area contributed by atoms with Gasteiger partial charge in [-0.05, 0) is 17.5 Å². The lowest BCUT2D eigenvalue weighted by Gasteiger charge is -2.13. The van der Waals surface area contributed by atoms with Crippen LogP contribution in [0.4, 0.5) is 0 Å². The summed E-state index contributed by atoms with van der Waals surface area (Å²) < 4.78 is 1.90. The molecule has 0 fully saturated rings. The minimum atomic E-state index is 0.532. The Labute approximate surface area is 102 Å². The van der Waals surface area contributed by atoms with E-state index in [2.05, 4.69) is 47.7 Å². The zero-order chi connectivity index (χ0) is 12.1. The van der Waals surface area contributed by atoms with Crippen LogP contribution in [0.1, 0.15) is 24.1 Å². The Bertz CT molecular complexity index is 448. The fourth-order valence-electron chi connectivity index (χ4n) is 1.89. The van der Waals surface area contributed by atoms with Gasteiger partial charge in [-0.3, -0.25) is 4.68 Å². The molecule has 0 aliphatic rings. The summed E-state index contributed by atoms with van der Waals surface area (Å²) in [6.45, 7) is 4.09. The van der Waals surface area contributed by atoms with Crippen LogP contribution in [0, 0.1) is 0 Å². The molecule has 2 rings (SSSR count). The van der Waals surface area contributed by atoms with Gasteiger partial charge in [0.05, 0.1) is 5.69 Å². The maximum absolute atomic E-state index is 4.15. The van der Waals surface area contributed by atoms with E-state index in [4.69, 9.17) is 0 Å². The van der Waals surface area contributed by atoms with Gasteiger partial charge in [-0.15, -0.1) is 0 Å². The first-order valence-electron chi connectivity index (χ1n) is 6.00. The zero-order valence-corrected chi connectivity index (χ0v) is 10.4.